The summed E-state index contributed by atoms with van der Waals surface area (Å²) < 4.78 is 7.35. The summed E-state index contributed by atoms with van der Waals surface area (Å²) in [6.07, 6.45) is 3.80. The van der Waals surface area contributed by atoms with Crippen LogP contribution in [-0.2, 0) is 11.2 Å². The van der Waals surface area contributed by atoms with E-state index in [1.54, 1.807) is 11.1 Å². The van der Waals surface area contributed by atoms with Crippen LogP contribution in [0.3, 0.4) is 0 Å². The normalized spacial score (nSPS) is 19.1. The van der Waals surface area contributed by atoms with Gasteiger partial charge in [0.05, 0.1) is 6.20 Å². The molecule has 0 spiro atoms. The third kappa shape index (κ3) is 3.56. The molecule has 1 atom stereocenters. The molecule has 0 aliphatic carbocycles. The number of aromatic nitrogens is 2. The van der Waals surface area contributed by atoms with Gasteiger partial charge in [-0.15, -0.1) is 0 Å². The van der Waals surface area contributed by atoms with E-state index in [1.165, 1.54) is 0 Å². The van der Waals surface area contributed by atoms with Crippen molar-refractivity contribution in [2.24, 2.45) is 0 Å². The van der Waals surface area contributed by atoms with E-state index in [9.17, 15) is 4.79 Å². The van der Waals surface area contributed by atoms with E-state index in [2.05, 4.69) is 5.10 Å². The smallest absolute Gasteiger partial charge is 0.411 e. The molecule has 0 saturated carbocycles. The first-order chi connectivity index (χ1) is 9.83. The fourth-order valence-electron chi connectivity index (χ4n) is 2.66. The van der Waals surface area contributed by atoms with E-state index in [0.29, 0.717) is 13.0 Å². The van der Waals surface area contributed by atoms with Crippen LogP contribution in [0.2, 0.25) is 0 Å². The average Bonchev–Trinajstić information content (AvgIpc) is 2.95. The molecule has 1 aromatic heterocycles. The Bertz CT molecular complexity index is 505. The van der Waals surface area contributed by atoms with Crippen molar-refractivity contribution in [2.75, 3.05) is 13.2 Å². The summed E-state index contributed by atoms with van der Waals surface area (Å²) in [7, 11) is 0. The predicted molar refractivity (Wildman–Crippen MR) is 79.0 cm³/mol. The molecular weight excluding hydrogens is 270 g/mol. The van der Waals surface area contributed by atoms with E-state index in [1.807, 2.05) is 32.4 Å². The number of hydrogen-bond donors (Lipinski definition) is 1. The van der Waals surface area contributed by atoms with Crippen LogP contribution in [-0.4, -0.2) is 44.6 Å². The zero-order valence-electron chi connectivity index (χ0n) is 13.3. The van der Waals surface area contributed by atoms with Gasteiger partial charge in [0.2, 0.25) is 0 Å². The molecule has 1 saturated heterocycles. The summed E-state index contributed by atoms with van der Waals surface area (Å²) in [5.74, 6) is 0. The molecule has 6 heteroatoms. The third-order valence-electron chi connectivity index (χ3n) is 3.66. The Morgan fingerprint density at radius 2 is 2.24 bits per heavy atom. The molecule has 0 bridgehead atoms. The summed E-state index contributed by atoms with van der Waals surface area (Å²) in [6.45, 7) is 8.38. The molecule has 1 fully saturated rings. The van der Waals surface area contributed by atoms with Gasteiger partial charge in [-0.25, -0.2) is 9.48 Å². The highest BCUT2D eigenvalue weighted by atomic mass is 16.6. The number of carbonyl (C=O) groups is 1. The first-order valence-corrected chi connectivity index (χ1v) is 7.47. The van der Waals surface area contributed by atoms with Crippen molar-refractivity contribution in [2.45, 2.75) is 58.7 Å². The highest BCUT2D eigenvalue weighted by molar-refractivity contribution is 5.68. The maximum atomic E-state index is 12.3. The van der Waals surface area contributed by atoms with E-state index >= 15 is 0 Å². The Hall–Kier alpha value is -1.56. The average molecular weight is 295 g/mol. The van der Waals surface area contributed by atoms with Gasteiger partial charge in [-0.2, -0.15) is 5.10 Å². The quantitative estimate of drug-likeness (QED) is 0.928. The third-order valence-corrected chi connectivity index (χ3v) is 3.66. The van der Waals surface area contributed by atoms with Crippen LogP contribution < -0.4 is 0 Å². The lowest BCUT2D eigenvalue weighted by molar-refractivity contribution is 0.0147. The number of nitrogens with zero attached hydrogens (tertiary/aromatic N) is 3. The molecule has 0 radical (unpaired) electrons. The van der Waals surface area contributed by atoms with Crippen LogP contribution in [0.25, 0.3) is 0 Å². The maximum absolute atomic E-state index is 12.3. The zero-order valence-corrected chi connectivity index (χ0v) is 13.3. The molecule has 1 N–H and O–H groups in total. The molecule has 1 aliphatic heterocycles. The van der Waals surface area contributed by atoms with Crippen molar-refractivity contribution in [1.82, 2.24) is 14.7 Å². The van der Waals surface area contributed by atoms with Crippen LogP contribution in [0.5, 0.6) is 0 Å². The first-order valence-electron chi connectivity index (χ1n) is 7.47. The summed E-state index contributed by atoms with van der Waals surface area (Å²) in [5, 5.41) is 13.5. The maximum Gasteiger partial charge on any atom is 0.411 e. The predicted octanol–water partition coefficient (Wildman–Crippen LogP) is 2.26. The Morgan fingerprint density at radius 1 is 1.52 bits per heavy atom. The van der Waals surface area contributed by atoms with Gasteiger partial charge in [0, 0.05) is 18.8 Å². The number of carbonyl (C=O) groups excluding carboxylic acids is 1. The number of ether oxygens (including phenoxy) is 1. The summed E-state index contributed by atoms with van der Waals surface area (Å²) in [4.78, 5) is 14.1. The largest absolute Gasteiger partial charge is 0.444 e. The standard InChI is InChI=1S/C15H25N3O3/c1-11-12(7-9-19)10-16-18(11)13-6-5-8-17(13)14(20)21-15(2,3)4/h10,13,19H,5-9H2,1-4H3. The number of likely N-dealkylation sites (tertiary alicyclic amines) is 1. The first kappa shape index (κ1) is 15.8. The zero-order chi connectivity index (χ0) is 15.6. The van der Waals surface area contributed by atoms with Crippen molar-refractivity contribution >= 4 is 6.09 Å². The molecule has 2 rings (SSSR count). The molecule has 118 valence electrons. The number of amides is 1. The second-order valence-electron chi connectivity index (χ2n) is 6.47. The minimum absolute atomic E-state index is 0.0905. The number of aliphatic hydroxyl groups excluding tert-OH is 1. The number of hydrogen-bond acceptors (Lipinski definition) is 4. The van der Waals surface area contributed by atoms with Crippen LogP contribution in [0, 0.1) is 6.92 Å². The van der Waals surface area contributed by atoms with Crippen molar-refractivity contribution < 1.29 is 14.6 Å². The van der Waals surface area contributed by atoms with Gasteiger partial charge in [-0.05, 0) is 52.5 Å². The Kier molecular flexibility index (Phi) is 4.56. The molecule has 21 heavy (non-hydrogen) atoms. The molecule has 1 aromatic rings. The Balaban J connectivity index is 2.17. The summed E-state index contributed by atoms with van der Waals surface area (Å²) in [5.41, 5.74) is 1.53. The Labute approximate surface area is 125 Å². The number of aliphatic hydroxyl groups is 1. The van der Waals surface area contributed by atoms with E-state index in [-0.39, 0.29) is 18.9 Å². The summed E-state index contributed by atoms with van der Waals surface area (Å²) in [6, 6.07) is 0. The molecule has 1 amide bonds. The van der Waals surface area contributed by atoms with Gasteiger partial charge in [0.1, 0.15) is 11.8 Å². The molecule has 0 aromatic carbocycles. The lowest BCUT2D eigenvalue weighted by Gasteiger charge is -2.29. The molecule has 1 unspecified atom stereocenters. The minimum atomic E-state index is -0.495. The van der Waals surface area contributed by atoms with Crippen molar-refractivity contribution in [3.8, 4) is 0 Å². The SMILES string of the molecule is Cc1c(CCO)cnn1C1CCCN1C(=O)OC(C)(C)C. The second-order valence-corrected chi connectivity index (χ2v) is 6.47. The monoisotopic (exact) mass is 295 g/mol. The highest BCUT2D eigenvalue weighted by Gasteiger charge is 2.34. The van der Waals surface area contributed by atoms with Gasteiger partial charge in [-0.3, -0.25) is 4.90 Å². The van der Waals surface area contributed by atoms with E-state index in [0.717, 1.165) is 24.1 Å². The van der Waals surface area contributed by atoms with Crippen LogP contribution >= 0.6 is 0 Å². The fraction of sp³-hybridized carbons (Fsp3) is 0.733. The lowest BCUT2D eigenvalue weighted by Crippen LogP contribution is -2.38. The number of rotatable bonds is 3. The van der Waals surface area contributed by atoms with E-state index < -0.39 is 5.60 Å². The lowest BCUT2D eigenvalue weighted by atomic mass is 10.2. The molecule has 2 heterocycles. The van der Waals surface area contributed by atoms with Gasteiger partial charge >= 0.3 is 6.09 Å². The van der Waals surface area contributed by atoms with Gasteiger partial charge in [0.15, 0.2) is 0 Å². The summed E-state index contributed by atoms with van der Waals surface area (Å²) >= 11 is 0. The minimum Gasteiger partial charge on any atom is -0.444 e. The fourth-order valence-corrected chi connectivity index (χ4v) is 2.66. The van der Waals surface area contributed by atoms with Crippen molar-refractivity contribution in [3.63, 3.8) is 0 Å². The van der Waals surface area contributed by atoms with Crippen LogP contribution in [0.15, 0.2) is 6.20 Å². The van der Waals surface area contributed by atoms with Crippen molar-refractivity contribution in [3.05, 3.63) is 17.5 Å². The molecular formula is C15H25N3O3. The van der Waals surface area contributed by atoms with Crippen molar-refractivity contribution in [1.29, 1.82) is 0 Å². The van der Waals surface area contributed by atoms with Gasteiger partial charge in [-0.1, -0.05) is 0 Å². The van der Waals surface area contributed by atoms with Crippen LogP contribution in [0.4, 0.5) is 4.79 Å². The van der Waals surface area contributed by atoms with Gasteiger partial charge < -0.3 is 9.84 Å². The molecule has 1 aliphatic rings. The highest BCUT2D eigenvalue weighted by Crippen LogP contribution is 2.30. The molecule has 6 nitrogen and oxygen atoms in total. The second kappa shape index (κ2) is 6.05. The topological polar surface area (TPSA) is 67.6 Å². The van der Waals surface area contributed by atoms with Crippen LogP contribution in [0.1, 0.15) is 51.0 Å². The van der Waals surface area contributed by atoms with Gasteiger partial charge in [0.25, 0.3) is 0 Å². The van der Waals surface area contributed by atoms with E-state index in [4.69, 9.17) is 9.84 Å². The Morgan fingerprint density at radius 3 is 2.86 bits per heavy atom.